The second kappa shape index (κ2) is 10.2. The highest BCUT2D eigenvalue weighted by Crippen LogP contribution is 2.25. The van der Waals surface area contributed by atoms with Gasteiger partial charge in [0.2, 0.25) is 0 Å². The molecule has 27 heavy (non-hydrogen) atoms. The first-order valence-corrected chi connectivity index (χ1v) is 8.77. The molecule has 2 aromatic carbocycles. The molecule has 1 aromatic heterocycles. The van der Waals surface area contributed by atoms with E-state index in [1.165, 1.54) is 0 Å². The van der Waals surface area contributed by atoms with Gasteiger partial charge < -0.3 is 10.1 Å². The van der Waals surface area contributed by atoms with E-state index in [4.69, 9.17) is 33.3 Å². The van der Waals surface area contributed by atoms with Gasteiger partial charge in [0.15, 0.2) is 11.6 Å². The van der Waals surface area contributed by atoms with Gasteiger partial charge in [-0.25, -0.2) is 4.98 Å². The third-order valence-corrected chi connectivity index (χ3v) is 4.25. The second-order valence-corrected chi connectivity index (χ2v) is 6.48. The number of pyridine rings is 1. The highest BCUT2D eigenvalue weighted by Gasteiger charge is 2.09. The first-order chi connectivity index (χ1) is 12.6. The quantitative estimate of drug-likeness (QED) is 0.377. The number of anilines is 1. The Balaban J connectivity index is 0.00000261. The molecule has 1 heterocycles. The zero-order valence-electron chi connectivity index (χ0n) is 14.3. The van der Waals surface area contributed by atoms with Crippen molar-refractivity contribution in [1.29, 1.82) is 5.41 Å². The Labute approximate surface area is 174 Å². The third-order valence-electron chi connectivity index (χ3n) is 3.66. The first kappa shape index (κ1) is 21.0. The number of halogens is 3. The molecule has 3 aromatic rings. The summed E-state index contributed by atoms with van der Waals surface area (Å²) in [7, 11) is 0. The molecule has 0 saturated heterocycles. The molecule has 0 bridgehead atoms. The number of ether oxygens (including phenoxy) is 1. The van der Waals surface area contributed by atoms with E-state index in [-0.39, 0.29) is 19.0 Å². The maximum atomic E-state index is 8.17. The van der Waals surface area contributed by atoms with Crippen LogP contribution < -0.4 is 10.1 Å². The molecular weight excluding hydrogens is 405 g/mol. The van der Waals surface area contributed by atoms with Crippen molar-refractivity contribution in [2.45, 2.75) is 13.0 Å². The summed E-state index contributed by atoms with van der Waals surface area (Å²) in [5.41, 5.74) is 1.88. The van der Waals surface area contributed by atoms with Crippen LogP contribution in [0.25, 0.3) is 0 Å². The van der Waals surface area contributed by atoms with Crippen LogP contribution >= 0.6 is 35.6 Å². The molecular formula is C20H18Cl3N3O. The summed E-state index contributed by atoms with van der Waals surface area (Å²) in [4.78, 5) is 4.28. The molecule has 0 aliphatic heterocycles. The molecule has 4 nitrogen and oxygen atoms in total. The topological polar surface area (TPSA) is 58.0 Å². The number of hydrogen-bond donors (Lipinski definition) is 2. The summed E-state index contributed by atoms with van der Waals surface area (Å²) in [6.07, 6.45) is 2.14. The van der Waals surface area contributed by atoms with E-state index in [1.54, 1.807) is 30.5 Å². The molecule has 2 N–H and O–H groups in total. The molecule has 0 atom stereocenters. The SMILES string of the molecule is Cl.N=C(Cc1ccccc1)Nc1ncccc1OCc1ccc(Cl)cc1Cl. The molecule has 140 valence electrons. The largest absolute Gasteiger partial charge is 0.485 e. The van der Waals surface area contributed by atoms with Crippen molar-refractivity contribution in [3.05, 3.63) is 88.0 Å². The van der Waals surface area contributed by atoms with Crippen molar-refractivity contribution in [3.8, 4) is 5.75 Å². The van der Waals surface area contributed by atoms with Crippen molar-refractivity contribution in [2.75, 3.05) is 5.32 Å². The number of benzene rings is 2. The summed E-state index contributed by atoms with van der Waals surface area (Å²) >= 11 is 12.1. The fraction of sp³-hybridized carbons (Fsp3) is 0.100. The van der Waals surface area contributed by atoms with Crippen LogP contribution in [0.15, 0.2) is 66.9 Å². The number of nitrogens with one attached hydrogen (secondary N) is 2. The van der Waals surface area contributed by atoms with Crippen LogP contribution in [0.5, 0.6) is 5.75 Å². The zero-order valence-corrected chi connectivity index (χ0v) is 16.6. The summed E-state index contributed by atoms with van der Waals surface area (Å²) in [5, 5.41) is 12.3. The molecule has 0 aliphatic carbocycles. The molecule has 0 spiro atoms. The van der Waals surface area contributed by atoms with Crippen molar-refractivity contribution < 1.29 is 4.74 Å². The Hall–Kier alpha value is -2.27. The smallest absolute Gasteiger partial charge is 0.174 e. The van der Waals surface area contributed by atoms with Crippen LogP contribution in [0.1, 0.15) is 11.1 Å². The average Bonchev–Trinajstić information content (AvgIpc) is 2.63. The Kier molecular flexibility index (Phi) is 7.92. The Morgan fingerprint density at radius 3 is 2.56 bits per heavy atom. The minimum atomic E-state index is 0. The molecule has 0 unspecified atom stereocenters. The summed E-state index contributed by atoms with van der Waals surface area (Å²) in [6.45, 7) is 0.280. The highest BCUT2D eigenvalue weighted by atomic mass is 35.5. The van der Waals surface area contributed by atoms with Gasteiger partial charge in [0.1, 0.15) is 12.4 Å². The van der Waals surface area contributed by atoms with Gasteiger partial charge in [0, 0.05) is 28.2 Å². The number of hydrogen-bond acceptors (Lipinski definition) is 3. The van der Waals surface area contributed by atoms with Crippen LogP contribution in [-0.4, -0.2) is 10.8 Å². The lowest BCUT2D eigenvalue weighted by atomic mass is 10.1. The Morgan fingerprint density at radius 2 is 1.81 bits per heavy atom. The summed E-state index contributed by atoms with van der Waals surface area (Å²) in [6, 6.07) is 18.7. The molecule has 3 rings (SSSR count). The first-order valence-electron chi connectivity index (χ1n) is 8.02. The van der Waals surface area contributed by atoms with Gasteiger partial charge in [-0.1, -0.05) is 59.6 Å². The fourth-order valence-corrected chi connectivity index (χ4v) is 2.85. The van der Waals surface area contributed by atoms with Crippen LogP contribution in [0.2, 0.25) is 10.0 Å². The number of rotatable bonds is 6. The molecule has 0 aliphatic rings. The Bertz CT molecular complexity index is 904. The molecule has 7 heteroatoms. The van der Waals surface area contributed by atoms with Crippen molar-refractivity contribution >= 4 is 47.3 Å². The normalized spacial score (nSPS) is 10.0. The molecule has 0 saturated carbocycles. The lowest BCUT2D eigenvalue weighted by molar-refractivity contribution is 0.307. The van der Waals surface area contributed by atoms with Gasteiger partial charge >= 0.3 is 0 Å². The summed E-state index contributed by atoms with van der Waals surface area (Å²) in [5.74, 6) is 1.39. The van der Waals surface area contributed by atoms with Crippen LogP contribution in [0.3, 0.4) is 0 Å². The van der Waals surface area contributed by atoms with Gasteiger partial charge in [-0.3, -0.25) is 5.41 Å². The number of amidine groups is 1. The fourth-order valence-electron chi connectivity index (χ4n) is 2.38. The number of nitrogens with zero attached hydrogens (tertiary/aromatic N) is 1. The van der Waals surface area contributed by atoms with Gasteiger partial charge in [-0.05, 0) is 29.8 Å². The molecule has 0 radical (unpaired) electrons. The predicted octanol–water partition coefficient (Wildman–Crippen LogP) is 6.02. The maximum absolute atomic E-state index is 8.17. The van der Waals surface area contributed by atoms with Crippen LogP contribution in [0.4, 0.5) is 5.82 Å². The maximum Gasteiger partial charge on any atom is 0.174 e. The Morgan fingerprint density at radius 1 is 1.04 bits per heavy atom. The van der Waals surface area contributed by atoms with E-state index >= 15 is 0 Å². The number of aromatic nitrogens is 1. The van der Waals surface area contributed by atoms with E-state index in [9.17, 15) is 0 Å². The van der Waals surface area contributed by atoms with E-state index in [0.29, 0.717) is 33.9 Å². The van der Waals surface area contributed by atoms with Gasteiger partial charge in [-0.15, -0.1) is 12.4 Å². The standard InChI is InChI=1S/C20H17Cl2N3O.ClH/c21-16-9-8-15(17(22)12-16)13-26-18-7-4-10-24-20(18)25-19(23)11-14-5-2-1-3-6-14;/h1-10,12H,11,13H2,(H2,23,24,25);1H. The molecule has 0 fully saturated rings. The van der Waals surface area contributed by atoms with Crippen molar-refractivity contribution in [2.24, 2.45) is 0 Å². The second-order valence-electron chi connectivity index (χ2n) is 5.64. The van der Waals surface area contributed by atoms with Gasteiger partial charge in [0.05, 0.1) is 0 Å². The lowest BCUT2D eigenvalue weighted by Gasteiger charge is -2.13. The minimum absolute atomic E-state index is 0. The highest BCUT2D eigenvalue weighted by molar-refractivity contribution is 6.35. The van der Waals surface area contributed by atoms with Gasteiger partial charge in [-0.2, -0.15) is 0 Å². The van der Waals surface area contributed by atoms with E-state index in [2.05, 4.69) is 10.3 Å². The molecule has 0 amide bonds. The van der Waals surface area contributed by atoms with E-state index in [0.717, 1.165) is 11.1 Å². The van der Waals surface area contributed by atoms with E-state index < -0.39 is 0 Å². The lowest BCUT2D eigenvalue weighted by Crippen LogP contribution is -2.15. The van der Waals surface area contributed by atoms with Crippen molar-refractivity contribution in [1.82, 2.24) is 4.98 Å². The van der Waals surface area contributed by atoms with Gasteiger partial charge in [0.25, 0.3) is 0 Å². The predicted molar refractivity (Wildman–Crippen MR) is 114 cm³/mol. The van der Waals surface area contributed by atoms with E-state index in [1.807, 2.05) is 36.4 Å². The average molecular weight is 423 g/mol. The zero-order chi connectivity index (χ0) is 18.4. The minimum Gasteiger partial charge on any atom is -0.485 e. The summed E-state index contributed by atoms with van der Waals surface area (Å²) < 4.78 is 5.85. The monoisotopic (exact) mass is 421 g/mol. The van der Waals surface area contributed by atoms with Crippen LogP contribution in [0, 0.1) is 5.41 Å². The third kappa shape index (κ3) is 6.14. The van der Waals surface area contributed by atoms with Crippen LogP contribution in [-0.2, 0) is 13.0 Å². The van der Waals surface area contributed by atoms with Crippen molar-refractivity contribution in [3.63, 3.8) is 0 Å².